The Hall–Kier alpha value is -1.37. The van der Waals surface area contributed by atoms with Gasteiger partial charge in [-0.15, -0.1) is 22.7 Å². The quantitative estimate of drug-likeness (QED) is 0.784. The van der Waals surface area contributed by atoms with Crippen LogP contribution >= 0.6 is 22.7 Å². The molecule has 3 heterocycles. The van der Waals surface area contributed by atoms with E-state index in [0.717, 1.165) is 29.6 Å². The van der Waals surface area contributed by atoms with Crippen molar-refractivity contribution in [3.8, 4) is 5.88 Å². The van der Waals surface area contributed by atoms with E-state index in [9.17, 15) is 0 Å². The minimum Gasteiger partial charge on any atom is -0.480 e. The van der Waals surface area contributed by atoms with Crippen molar-refractivity contribution in [2.24, 2.45) is 0 Å². The van der Waals surface area contributed by atoms with Crippen LogP contribution in [-0.2, 0) is 25.9 Å². The Kier molecular flexibility index (Phi) is 3.45. The van der Waals surface area contributed by atoms with Crippen LogP contribution in [0.1, 0.15) is 27.4 Å². The average Bonchev–Trinajstić information content (AvgIpc) is 3.18. The van der Waals surface area contributed by atoms with Crippen LogP contribution in [0.25, 0.3) is 4.96 Å². The van der Waals surface area contributed by atoms with Gasteiger partial charge in [-0.05, 0) is 30.9 Å². The minimum atomic E-state index is 0.725. The van der Waals surface area contributed by atoms with E-state index in [1.54, 1.807) is 28.9 Å². The fourth-order valence-corrected chi connectivity index (χ4v) is 4.87. The molecular weight excluding hydrogens is 302 g/mol. The van der Waals surface area contributed by atoms with Crippen molar-refractivity contribution in [3.05, 3.63) is 38.7 Å². The number of hydrogen-bond acceptors (Lipinski definition) is 5. The minimum absolute atomic E-state index is 0.725. The smallest absolute Gasteiger partial charge is 0.237 e. The molecule has 0 fully saturated rings. The maximum atomic E-state index is 5.38. The van der Waals surface area contributed by atoms with Gasteiger partial charge in [-0.1, -0.05) is 0 Å². The maximum Gasteiger partial charge on any atom is 0.237 e. The number of methoxy groups -OCH3 is 1. The van der Waals surface area contributed by atoms with E-state index in [4.69, 9.17) is 4.74 Å². The summed E-state index contributed by atoms with van der Waals surface area (Å²) in [4.78, 5) is 8.49. The Morgan fingerprint density at radius 1 is 1.38 bits per heavy atom. The molecule has 4 nitrogen and oxygen atoms in total. The molecule has 4 rings (SSSR count). The molecule has 1 aliphatic carbocycles. The number of aromatic nitrogens is 2. The highest BCUT2D eigenvalue weighted by Gasteiger charge is 2.16. The van der Waals surface area contributed by atoms with E-state index in [2.05, 4.69) is 26.1 Å². The summed E-state index contributed by atoms with van der Waals surface area (Å²) < 4.78 is 7.48. The molecule has 0 saturated carbocycles. The monoisotopic (exact) mass is 319 g/mol. The van der Waals surface area contributed by atoms with Crippen LogP contribution in [0.3, 0.4) is 0 Å². The second kappa shape index (κ2) is 5.44. The maximum absolute atomic E-state index is 5.38. The molecule has 0 aromatic carbocycles. The van der Waals surface area contributed by atoms with Crippen LogP contribution in [-0.4, -0.2) is 16.5 Å². The summed E-state index contributed by atoms with van der Waals surface area (Å²) in [5.74, 6) is 0.725. The predicted molar refractivity (Wildman–Crippen MR) is 86.5 cm³/mol. The highest BCUT2D eigenvalue weighted by Crippen LogP contribution is 2.30. The van der Waals surface area contributed by atoms with Gasteiger partial charge in [0.25, 0.3) is 0 Å². The second-order valence-electron chi connectivity index (χ2n) is 5.24. The number of thiazole rings is 1. The number of fused-ring (bicyclic) bond motifs is 2. The first kappa shape index (κ1) is 13.3. The molecule has 1 aliphatic rings. The van der Waals surface area contributed by atoms with Gasteiger partial charge < -0.3 is 10.1 Å². The van der Waals surface area contributed by atoms with E-state index in [1.807, 2.05) is 17.5 Å². The molecular formula is C15H17N3OS2. The van der Waals surface area contributed by atoms with Crippen molar-refractivity contribution in [1.29, 1.82) is 0 Å². The van der Waals surface area contributed by atoms with Crippen molar-refractivity contribution < 1.29 is 4.74 Å². The fraction of sp³-hybridized carbons (Fsp3) is 0.400. The standard InChI is InChI=1S/C15H17N3OS2/c1-19-14-12(18-5-6-20-15(18)17-14)9-16-8-11-7-10-3-2-4-13(10)21-11/h5-7,16H,2-4,8-9H2,1H3. The molecule has 6 heteroatoms. The number of thiophene rings is 1. The number of rotatable bonds is 5. The summed E-state index contributed by atoms with van der Waals surface area (Å²) in [5, 5.41) is 5.57. The van der Waals surface area contributed by atoms with Crippen molar-refractivity contribution in [2.75, 3.05) is 7.11 Å². The lowest BCUT2D eigenvalue weighted by Gasteiger charge is -2.04. The largest absolute Gasteiger partial charge is 0.480 e. The summed E-state index contributed by atoms with van der Waals surface area (Å²) in [6.45, 7) is 1.68. The molecule has 3 aromatic rings. The molecule has 110 valence electrons. The first-order chi connectivity index (χ1) is 10.3. The third-order valence-corrected chi connectivity index (χ3v) is 5.90. The Balaban J connectivity index is 1.46. The number of imidazole rings is 1. The van der Waals surface area contributed by atoms with Gasteiger partial charge in [-0.2, -0.15) is 4.98 Å². The molecule has 0 unspecified atom stereocenters. The van der Waals surface area contributed by atoms with Crippen molar-refractivity contribution in [3.63, 3.8) is 0 Å². The van der Waals surface area contributed by atoms with E-state index in [-0.39, 0.29) is 0 Å². The highest BCUT2D eigenvalue weighted by atomic mass is 32.1. The molecule has 0 aliphatic heterocycles. The van der Waals surface area contributed by atoms with Gasteiger partial charge in [0.2, 0.25) is 5.88 Å². The second-order valence-corrected chi connectivity index (χ2v) is 7.34. The van der Waals surface area contributed by atoms with Crippen molar-refractivity contribution >= 4 is 27.6 Å². The van der Waals surface area contributed by atoms with Crippen LogP contribution in [0, 0.1) is 0 Å². The summed E-state index contributed by atoms with van der Waals surface area (Å²) in [5.41, 5.74) is 2.66. The first-order valence-electron chi connectivity index (χ1n) is 7.15. The Morgan fingerprint density at radius 2 is 2.33 bits per heavy atom. The van der Waals surface area contributed by atoms with Crippen molar-refractivity contribution in [2.45, 2.75) is 32.4 Å². The summed E-state index contributed by atoms with van der Waals surface area (Å²) in [7, 11) is 1.68. The molecule has 0 bridgehead atoms. The van der Waals surface area contributed by atoms with E-state index >= 15 is 0 Å². The van der Waals surface area contributed by atoms with Crippen molar-refractivity contribution in [1.82, 2.24) is 14.7 Å². The molecule has 1 N–H and O–H groups in total. The molecule has 0 amide bonds. The zero-order valence-corrected chi connectivity index (χ0v) is 13.5. The van der Waals surface area contributed by atoms with E-state index < -0.39 is 0 Å². The molecule has 3 aromatic heterocycles. The van der Waals surface area contributed by atoms with Gasteiger partial charge >= 0.3 is 0 Å². The van der Waals surface area contributed by atoms with Gasteiger partial charge in [-0.3, -0.25) is 4.40 Å². The van der Waals surface area contributed by atoms with Crippen LogP contribution in [0.5, 0.6) is 5.88 Å². The SMILES string of the molecule is COc1nc2sccn2c1CNCc1cc2c(s1)CCC2. The van der Waals surface area contributed by atoms with Gasteiger partial charge in [0.1, 0.15) is 5.69 Å². The zero-order valence-electron chi connectivity index (χ0n) is 11.9. The van der Waals surface area contributed by atoms with Crippen LogP contribution in [0.2, 0.25) is 0 Å². The Bertz CT molecular complexity index is 750. The van der Waals surface area contributed by atoms with E-state index in [0.29, 0.717) is 0 Å². The number of hydrogen-bond donors (Lipinski definition) is 1. The zero-order chi connectivity index (χ0) is 14.2. The van der Waals surface area contributed by atoms with E-state index in [1.165, 1.54) is 24.1 Å². The first-order valence-corrected chi connectivity index (χ1v) is 8.84. The number of aryl methyl sites for hydroxylation is 2. The lowest BCUT2D eigenvalue weighted by atomic mass is 10.2. The normalized spacial score (nSPS) is 14.0. The fourth-order valence-electron chi connectivity index (χ4n) is 2.92. The van der Waals surface area contributed by atoms with Gasteiger partial charge in [0.05, 0.1) is 7.11 Å². The molecule has 21 heavy (non-hydrogen) atoms. The van der Waals surface area contributed by atoms with Crippen LogP contribution in [0.15, 0.2) is 17.6 Å². The molecule has 0 atom stereocenters. The Labute approximate surface area is 131 Å². The highest BCUT2D eigenvalue weighted by molar-refractivity contribution is 7.15. The number of ether oxygens (including phenoxy) is 1. The molecule has 0 spiro atoms. The summed E-state index contributed by atoms with van der Waals surface area (Å²) >= 11 is 3.59. The summed E-state index contributed by atoms with van der Waals surface area (Å²) in [6, 6.07) is 2.37. The molecule has 0 radical (unpaired) electrons. The third kappa shape index (κ3) is 2.37. The number of nitrogens with one attached hydrogen (secondary N) is 1. The van der Waals surface area contributed by atoms with Gasteiger partial charge in [0, 0.05) is 34.4 Å². The van der Waals surface area contributed by atoms with Gasteiger partial charge in [0.15, 0.2) is 4.96 Å². The lowest BCUT2D eigenvalue weighted by molar-refractivity contribution is 0.393. The third-order valence-electron chi connectivity index (χ3n) is 3.91. The predicted octanol–water partition coefficient (Wildman–Crippen LogP) is 3.24. The lowest BCUT2D eigenvalue weighted by Crippen LogP contribution is -2.13. The Morgan fingerprint density at radius 3 is 3.19 bits per heavy atom. The summed E-state index contributed by atoms with van der Waals surface area (Å²) in [6.07, 6.45) is 5.91. The molecule has 0 saturated heterocycles. The van der Waals surface area contributed by atoms with Crippen LogP contribution < -0.4 is 10.1 Å². The topological polar surface area (TPSA) is 38.6 Å². The average molecular weight is 319 g/mol. The van der Waals surface area contributed by atoms with Gasteiger partial charge in [-0.25, -0.2) is 0 Å². The number of nitrogens with zero attached hydrogens (tertiary/aromatic N) is 2. The van der Waals surface area contributed by atoms with Crippen LogP contribution in [0.4, 0.5) is 0 Å².